The van der Waals surface area contributed by atoms with E-state index in [1.165, 1.54) is 25.3 Å². The molecule has 2 N–H and O–H groups in total. The van der Waals surface area contributed by atoms with Crippen LogP contribution >= 0.6 is 11.6 Å². The highest BCUT2D eigenvalue weighted by Gasteiger charge is 2.47. The molecule has 5 rings (SSSR count). The van der Waals surface area contributed by atoms with E-state index in [1.54, 1.807) is 30.3 Å². The number of pyridine rings is 1. The smallest absolute Gasteiger partial charge is 0.217 e. The van der Waals surface area contributed by atoms with Crippen LogP contribution in [0.2, 0.25) is 5.02 Å². The van der Waals surface area contributed by atoms with E-state index >= 15 is 0 Å². The van der Waals surface area contributed by atoms with Gasteiger partial charge in [-0.15, -0.1) is 0 Å². The standard InChI is InChI=1S/C30H30ClFN2O4S/c1-38-29-26(17-21-16-25(39(2,36)37)10-11-27(21)34-29)28(20-6-8-23(31)9-7-20)30(35)12-13-33-18-22(30)14-19-4-3-5-24(32)15-19/h3-11,15-17,22,28,33,35H,12-14,18H2,1-2H3. The molecule has 3 unspecified atom stereocenters. The van der Waals surface area contributed by atoms with Crippen LogP contribution in [0.5, 0.6) is 5.88 Å². The normalized spacial score (nSPS) is 20.6. The maximum Gasteiger partial charge on any atom is 0.217 e. The van der Waals surface area contributed by atoms with Crippen LogP contribution in [-0.4, -0.2) is 50.6 Å². The number of sulfone groups is 1. The molecule has 0 bridgehead atoms. The number of piperidine rings is 1. The van der Waals surface area contributed by atoms with Crippen LogP contribution in [0.3, 0.4) is 0 Å². The lowest BCUT2D eigenvalue weighted by Crippen LogP contribution is -2.54. The van der Waals surface area contributed by atoms with Crippen LogP contribution < -0.4 is 10.1 Å². The van der Waals surface area contributed by atoms with E-state index in [4.69, 9.17) is 21.3 Å². The van der Waals surface area contributed by atoms with E-state index in [0.29, 0.717) is 53.3 Å². The average molecular weight is 569 g/mol. The minimum atomic E-state index is -3.44. The van der Waals surface area contributed by atoms with Crippen molar-refractivity contribution in [3.05, 3.63) is 100 Å². The summed E-state index contributed by atoms with van der Waals surface area (Å²) >= 11 is 6.23. The molecule has 39 heavy (non-hydrogen) atoms. The van der Waals surface area contributed by atoms with Crippen LogP contribution in [0.25, 0.3) is 10.9 Å². The zero-order valence-corrected chi connectivity index (χ0v) is 23.3. The summed E-state index contributed by atoms with van der Waals surface area (Å²) < 4.78 is 44.4. The molecule has 6 nitrogen and oxygen atoms in total. The Balaban J connectivity index is 1.71. The van der Waals surface area contributed by atoms with E-state index in [9.17, 15) is 17.9 Å². The van der Waals surface area contributed by atoms with Crippen LogP contribution in [0.4, 0.5) is 4.39 Å². The van der Waals surface area contributed by atoms with E-state index in [1.807, 2.05) is 24.3 Å². The van der Waals surface area contributed by atoms with Crippen LogP contribution in [0.1, 0.15) is 29.0 Å². The highest BCUT2D eigenvalue weighted by Crippen LogP contribution is 2.47. The molecule has 0 radical (unpaired) electrons. The number of methoxy groups -OCH3 is 1. The number of aliphatic hydroxyl groups is 1. The molecule has 0 aliphatic carbocycles. The first-order valence-electron chi connectivity index (χ1n) is 12.7. The molecule has 1 saturated heterocycles. The fourth-order valence-corrected chi connectivity index (χ4v) is 6.45. The highest BCUT2D eigenvalue weighted by molar-refractivity contribution is 7.90. The molecule has 3 aromatic carbocycles. The summed E-state index contributed by atoms with van der Waals surface area (Å²) in [6, 6.07) is 20.4. The van der Waals surface area contributed by atoms with E-state index in [0.717, 1.165) is 17.4 Å². The maximum atomic E-state index is 14.0. The highest BCUT2D eigenvalue weighted by atomic mass is 35.5. The summed E-state index contributed by atoms with van der Waals surface area (Å²) in [6.07, 6.45) is 2.04. The second kappa shape index (κ2) is 10.8. The Morgan fingerprint density at radius 1 is 1.15 bits per heavy atom. The summed E-state index contributed by atoms with van der Waals surface area (Å²) in [5, 5.41) is 17.2. The summed E-state index contributed by atoms with van der Waals surface area (Å²) in [5.74, 6) is -0.859. The fraction of sp³-hybridized carbons (Fsp3) is 0.300. The first kappa shape index (κ1) is 27.5. The van der Waals surface area contributed by atoms with Crippen molar-refractivity contribution in [3.8, 4) is 5.88 Å². The van der Waals surface area contributed by atoms with Gasteiger partial charge in [0.15, 0.2) is 9.84 Å². The summed E-state index contributed by atoms with van der Waals surface area (Å²) in [7, 11) is -1.92. The first-order valence-corrected chi connectivity index (χ1v) is 15.0. The van der Waals surface area contributed by atoms with Gasteiger partial charge in [-0.25, -0.2) is 17.8 Å². The molecular weight excluding hydrogens is 539 g/mol. The zero-order valence-electron chi connectivity index (χ0n) is 21.7. The molecule has 0 amide bonds. The number of benzene rings is 3. The third-order valence-corrected chi connectivity index (χ3v) is 8.95. The molecule has 0 spiro atoms. The van der Waals surface area contributed by atoms with Gasteiger partial charge in [0, 0.05) is 40.6 Å². The van der Waals surface area contributed by atoms with Crippen molar-refractivity contribution in [3.63, 3.8) is 0 Å². The number of rotatable bonds is 7. The average Bonchev–Trinajstić information content (AvgIpc) is 2.90. The predicted octanol–water partition coefficient (Wildman–Crippen LogP) is 5.15. The lowest BCUT2D eigenvalue weighted by atomic mass is 9.66. The molecule has 1 aliphatic rings. The second-order valence-electron chi connectivity index (χ2n) is 10.2. The lowest BCUT2D eigenvalue weighted by molar-refractivity contribution is -0.0544. The van der Waals surface area contributed by atoms with Gasteiger partial charge in [0.05, 0.1) is 23.1 Å². The quantitative estimate of drug-likeness (QED) is 0.320. The van der Waals surface area contributed by atoms with Crippen molar-refractivity contribution in [1.29, 1.82) is 0 Å². The molecule has 0 saturated carbocycles. The number of hydrogen-bond donors (Lipinski definition) is 2. The van der Waals surface area contributed by atoms with Gasteiger partial charge in [-0.2, -0.15) is 0 Å². The van der Waals surface area contributed by atoms with Gasteiger partial charge >= 0.3 is 0 Å². The van der Waals surface area contributed by atoms with Crippen molar-refractivity contribution in [2.45, 2.75) is 29.3 Å². The number of aromatic nitrogens is 1. The molecule has 9 heteroatoms. The maximum absolute atomic E-state index is 14.0. The van der Waals surface area contributed by atoms with Gasteiger partial charge in [-0.05, 0) is 79.0 Å². The Bertz CT molecular complexity index is 1610. The van der Waals surface area contributed by atoms with Crippen molar-refractivity contribution in [2.75, 3.05) is 26.5 Å². The Morgan fingerprint density at radius 3 is 2.62 bits per heavy atom. The monoisotopic (exact) mass is 568 g/mol. The SMILES string of the molecule is COc1nc2ccc(S(C)(=O)=O)cc2cc1C(c1ccc(Cl)cc1)C1(O)CCNCC1Cc1cccc(F)c1. The molecular formula is C30H30ClFN2O4S. The van der Waals surface area contributed by atoms with Crippen LogP contribution in [0, 0.1) is 11.7 Å². The van der Waals surface area contributed by atoms with Crippen molar-refractivity contribution >= 4 is 32.3 Å². The van der Waals surface area contributed by atoms with Gasteiger partial charge in [0.25, 0.3) is 0 Å². The Labute approximate surface area is 232 Å². The topological polar surface area (TPSA) is 88.5 Å². The summed E-state index contributed by atoms with van der Waals surface area (Å²) in [4.78, 5) is 4.89. The molecule has 2 heterocycles. The van der Waals surface area contributed by atoms with E-state index in [-0.39, 0.29) is 16.6 Å². The number of fused-ring (bicyclic) bond motifs is 1. The van der Waals surface area contributed by atoms with Gasteiger partial charge in [0.2, 0.25) is 5.88 Å². The van der Waals surface area contributed by atoms with Crippen LogP contribution in [0.15, 0.2) is 77.7 Å². The fourth-order valence-electron chi connectivity index (χ4n) is 5.67. The Hall–Kier alpha value is -3.04. The van der Waals surface area contributed by atoms with Gasteiger partial charge in [-0.3, -0.25) is 0 Å². The zero-order chi connectivity index (χ0) is 27.8. The molecule has 1 aliphatic heterocycles. The van der Waals surface area contributed by atoms with Crippen molar-refractivity contribution in [2.24, 2.45) is 5.92 Å². The van der Waals surface area contributed by atoms with Gasteiger partial charge in [0.1, 0.15) is 5.82 Å². The second-order valence-corrected chi connectivity index (χ2v) is 12.6. The number of halogens is 2. The summed E-state index contributed by atoms with van der Waals surface area (Å²) in [5.41, 5.74) is 1.53. The Morgan fingerprint density at radius 2 is 1.92 bits per heavy atom. The molecule has 1 aromatic heterocycles. The number of nitrogens with zero attached hydrogens (tertiary/aromatic N) is 1. The number of nitrogens with one attached hydrogen (secondary N) is 1. The van der Waals surface area contributed by atoms with E-state index in [2.05, 4.69) is 5.32 Å². The lowest BCUT2D eigenvalue weighted by Gasteiger charge is -2.46. The first-order chi connectivity index (χ1) is 18.6. The third kappa shape index (κ3) is 5.65. The molecule has 4 aromatic rings. The van der Waals surface area contributed by atoms with Gasteiger partial charge < -0.3 is 15.2 Å². The predicted molar refractivity (Wildman–Crippen MR) is 151 cm³/mol. The third-order valence-electron chi connectivity index (χ3n) is 7.59. The minimum Gasteiger partial charge on any atom is -0.481 e. The molecule has 1 fully saturated rings. The van der Waals surface area contributed by atoms with Crippen molar-refractivity contribution < 1.29 is 22.7 Å². The number of ether oxygens (including phenoxy) is 1. The molecule has 3 atom stereocenters. The van der Waals surface area contributed by atoms with Gasteiger partial charge in [-0.1, -0.05) is 35.9 Å². The molecule has 204 valence electrons. The largest absolute Gasteiger partial charge is 0.481 e. The van der Waals surface area contributed by atoms with Crippen molar-refractivity contribution in [1.82, 2.24) is 10.3 Å². The number of hydrogen-bond acceptors (Lipinski definition) is 6. The minimum absolute atomic E-state index is 0.181. The Kier molecular flexibility index (Phi) is 7.66. The summed E-state index contributed by atoms with van der Waals surface area (Å²) in [6.45, 7) is 1.11. The van der Waals surface area contributed by atoms with E-state index < -0.39 is 21.4 Å². The van der Waals surface area contributed by atoms with Crippen LogP contribution in [-0.2, 0) is 16.3 Å².